The molecule has 28 heavy (non-hydrogen) atoms. The Morgan fingerprint density at radius 3 is 2.79 bits per heavy atom. The summed E-state index contributed by atoms with van der Waals surface area (Å²) in [5.41, 5.74) is 0.866. The first-order chi connectivity index (χ1) is 13.7. The molecule has 7 heteroatoms. The Morgan fingerprint density at radius 1 is 1.29 bits per heavy atom. The smallest absolute Gasteiger partial charge is 0.191 e. The molecule has 3 rings (SSSR count). The average molecular weight is 383 g/mol. The van der Waals surface area contributed by atoms with Gasteiger partial charge in [0.25, 0.3) is 0 Å². The minimum atomic E-state index is -0.344. The van der Waals surface area contributed by atoms with Gasteiger partial charge in [-0.05, 0) is 56.3 Å². The van der Waals surface area contributed by atoms with Crippen molar-refractivity contribution in [1.82, 2.24) is 15.5 Å². The van der Waals surface area contributed by atoms with Gasteiger partial charge in [0.2, 0.25) is 0 Å². The number of nitrogens with one attached hydrogen (secondary N) is 2. The number of benzene rings is 1. The molecule has 0 saturated carbocycles. The van der Waals surface area contributed by atoms with E-state index in [0.717, 1.165) is 18.8 Å². The highest BCUT2D eigenvalue weighted by molar-refractivity contribution is 5.79. The van der Waals surface area contributed by atoms with Crippen LogP contribution in [0, 0.1) is 17.1 Å². The van der Waals surface area contributed by atoms with Crippen LogP contribution >= 0.6 is 0 Å². The molecule has 148 valence electrons. The van der Waals surface area contributed by atoms with Gasteiger partial charge in [-0.2, -0.15) is 5.26 Å². The predicted molar refractivity (Wildman–Crippen MR) is 106 cm³/mol. The maximum Gasteiger partial charge on any atom is 0.191 e. The molecule has 2 heterocycles. The number of nitriles is 1. The van der Waals surface area contributed by atoms with E-state index in [1.54, 1.807) is 19.4 Å². The second kappa shape index (κ2) is 9.90. The highest BCUT2D eigenvalue weighted by Crippen LogP contribution is 2.24. The number of rotatable bonds is 6. The number of furan rings is 1. The normalized spacial score (nSPS) is 16.4. The van der Waals surface area contributed by atoms with Crippen molar-refractivity contribution in [1.29, 1.82) is 5.26 Å². The van der Waals surface area contributed by atoms with E-state index in [0.29, 0.717) is 23.6 Å². The zero-order valence-corrected chi connectivity index (χ0v) is 16.1. The quantitative estimate of drug-likeness (QED) is 0.592. The van der Waals surface area contributed by atoms with Crippen molar-refractivity contribution in [3.8, 4) is 6.07 Å². The summed E-state index contributed by atoms with van der Waals surface area (Å²) in [7, 11) is 1.68. The van der Waals surface area contributed by atoms with Gasteiger partial charge in [-0.3, -0.25) is 9.89 Å². The monoisotopic (exact) mass is 383 g/mol. The van der Waals surface area contributed by atoms with Crippen molar-refractivity contribution in [2.75, 3.05) is 26.7 Å². The minimum Gasteiger partial charge on any atom is -0.468 e. The molecule has 2 N–H and O–H groups in total. The third-order valence-electron chi connectivity index (χ3n) is 5.01. The molecule has 2 aromatic rings. The average Bonchev–Trinajstić information content (AvgIpc) is 3.27. The lowest BCUT2D eigenvalue weighted by Crippen LogP contribution is -2.44. The maximum absolute atomic E-state index is 14.0. The van der Waals surface area contributed by atoms with Gasteiger partial charge in [-0.15, -0.1) is 0 Å². The van der Waals surface area contributed by atoms with Crippen LogP contribution in [0.4, 0.5) is 4.39 Å². The number of halogens is 1. The topological polar surface area (TPSA) is 76.6 Å². The zero-order valence-electron chi connectivity index (χ0n) is 16.1. The summed E-state index contributed by atoms with van der Waals surface area (Å²) in [6, 6.07) is 10.4. The Hall–Kier alpha value is -2.85. The van der Waals surface area contributed by atoms with Gasteiger partial charge in [-0.25, -0.2) is 4.39 Å². The molecule has 0 amide bonds. The second-order valence-electron chi connectivity index (χ2n) is 6.85. The zero-order chi connectivity index (χ0) is 19.8. The van der Waals surface area contributed by atoms with Crippen LogP contribution in [-0.4, -0.2) is 37.5 Å². The molecule has 0 spiro atoms. The number of nitrogens with zero attached hydrogens (tertiary/aromatic N) is 3. The molecule has 6 nitrogen and oxygen atoms in total. The van der Waals surface area contributed by atoms with Crippen molar-refractivity contribution in [3.63, 3.8) is 0 Å². The molecule has 1 saturated heterocycles. The van der Waals surface area contributed by atoms with E-state index >= 15 is 0 Å². The number of guanidine groups is 1. The predicted octanol–water partition coefficient (Wildman–Crippen LogP) is 3.18. The third kappa shape index (κ3) is 5.11. The van der Waals surface area contributed by atoms with Gasteiger partial charge in [0.1, 0.15) is 11.6 Å². The Bertz CT molecular complexity index is 822. The first-order valence-corrected chi connectivity index (χ1v) is 9.61. The van der Waals surface area contributed by atoms with Gasteiger partial charge in [0.15, 0.2) is 5.96 Å². The lowest BCUT2D eigenvalue weighted by Gasteiger charge is -2.33. The number of piperidine rings is 1. The standard InChI is InChI=1S/C21H26FN5O/c1-24-21(25-14-17-12-16(13-23)7-8-18(17)22)26-15-19(20-6-5-11-28-20)27-9-3-2-4-10-27/h5-8,11-12,19H,2-4,9-10,14-15H2,1H3,(H2,24,25,26). The summed E-state index contributed by atoms with van der Waals surface area (Å²) in [6.07, 6.45) is 5.35. The van der Waals surface area contributed by atoms with Crippen molar-refractivity contribution >= 4 is 5.96 Å². The lowest BCUT2D eigenvalue weighted by molar-refractivity contribution is 0.146. The van der Waals surface area contributed by atoms with Gasteiger partial charge in [0.05, 0.1) is 23.9 Å². The maximum atomic E-state index is 14.0. The van der Waals surface area contributed by atoms with Gasteiger partial charge >= 0.3 is 0 Å². The van der Waals surface area contributed by atoms with Crippen molar-refractivity contribution in [2.45, 2.75) is 31.8 Å². The highest BCUT2D eigenvalue weighted by atomic mass is 19.1. The minimum absolute atomic E-state index is 0.118. The molecule has 1 aromatic carbocycles. The Balaban J connectivity index is 1.61. The fraction of sp³-hybridized carbons (Fsp3) is 0.429. The summed E-state index contributed by atoms with van der Waals surface area (Å²) >= 11 is 0. The van der Waals surface area contributed by atoms with Crippen LogP contribution in [0.1, 0.15) is 42.2 Å². The number of hydrogen-bond donors (Lipinski definition) is 2. The van der Waals surface area contributed by atoms with Crippen LogP contribution in [0.3, 0.4) is 0 Å². The molecular formula is C21H26FN5O. The highest BCUT2D eigenvalue weighted by Gasteiger charge is 2.24. The van der Waals surface area contributed by atoms with E-state index in [-0.39, 0.29) is 18.4 Å². The van der Waals surface area contributed by atoms with E-state index in [9.17, 15) is 4.39 Å². The van der Waals surface area contributed by atoms with Gasteiger partial charge in [0, 0.05) is 25.7 Å². The molecule has 1 fully saturated rings. The lowest BCUT2D eigenvalue weighted by atomic mass is 10.1. The van der Waals surface area contributed by atoms with Gasteiger partial charge < -0.3 is 15.1 Å². The molecule has 1 atom stereocenters. The number of aliphatic imine (C=N–C) groups is 1. The van der Waals surface area contributed by atoms with Crippen LogP contribution < -0.4 is 10.6 Å². The summed E-state index contributed by atoms with van der Waals surface area (Å²) < 4.78 is 19.6. The fourth-order valence-corrected chi connectivity index (χ4v) is 3.49. The molecule has 0 radical (unpaired) electrons. The molecule has 0 bridgehead atoms. The Labute approximate surface area is 165 Å². The van der Waals surface area contributed by atoms with E-state index in [1.165, 1.54) is 31.4 Å². The second-order valence-corrected chi connectivity index (χ2v) is 6.85. The van der Waals surface area contributed by atoms with Crippen LogP contribution in [0.15, 0.2) is 46.0 Å². The van der Waals surface area contributed by atoms with Crippen molar-refractivity contribution in [2.24, 2.45) is 4.99 Å². The molecule has 1 aliphatic rings. The third-order valence-corrected chi connectivity index (χ3v) is 5.01. The van der Waals surface area contributed by atoms with Crippen molar-refractivity contribution < 1.29 is 8.81 Å². The SMILES string of the molecule is CN=C(NCc1cc(C#N)ccc1F)NCC(c1ccco1)N1CCCCC1. The van der Waals surface area contributed by atoms with E-state index < -0.39 is 0 Å². The first-order valence-electron chi connectivity index (χ1n) is 9.61. The van der Waals surface area contributed by atoms with Crippen LogP contribution in [0.5, 0.6) is 0 Å². The van der Waals surface area contributed by atoms with E-state index in [1.807, 2.05) is 18.2 Å². The summed E-state index contributed by atoms with van der Waals surface area (Å²) in [5.74, 6) is 1.16. The Morgan fingerprint density at radius 2 is 2.11 bits per heavy atom. The largest absolute Gasteiger partial charge is 0.468 e. The fourth-order valence-electron chi connectivity index (χ4n) is 3.49. The summed E-state index contributed by atoms with van der Waals surface area (Å²) in [6.45, 7) is 2.97. The molecular weight excluding hydrogens is 357 g/mol. The van der Waals surface area contributed by atoms with E-state index in [4.69, 9.17) is 9.68 Å². The molecule has 1 unspecified atom stereocenters. The number of hydrogen-bond acceptors (Lipinski definition) is 4. The van der Waals surface area contributed by atoms with Crippen molar-refractivity contribution in [3.05, 3.63) is 59.3 Å². The molecule has 1 aliphatic heterocycles. The molecule has 0 aliphatic carbocycles. The van der Waals surface area contributed by atoms with Crippen LogP contribution in [0.2, 0.25) is 0 Å². The van der Waals surface area contributed by atoms with Gasteiger partial charge in [-0.1, -0.05) is 6.42 Å². The summed E-state index contributed by atoms with van der Waals surface area (Å²) in [5, 5.41) is 15.4. The first kappa shape index (κ1) is 19.9. The van der Waals surface area contributed by atoms with Crippen LogP contribution in [-0.2, 0) is 6.54 Å². The molecule has 1 aromatic heterocycles. The van der Waals surface area contributed by atoms with E-state index in [2.05, 4.69) is 20.5 Å². The number of likely N-dealkylation sites (tertiary alicyclic amines) is 1. The summed E-state index contributed by atoms with van der Waals surface area (Å²) in [4.78, 5) is 6.66. The Kier molecular flexibility index (Phi) is 7.04. The van der Waals surface area contributed by atoms with Crippen LogP contribution in [0.25, 0.3) is 0 Å².